The van der Waals surface area contributed by atoms with E-state index in [4.69, 9.17) is 5.73 Å². The Labute approximate surface area is 73.6 Å². The van der Waals surface area contributed by atoms with Crippen molar-refractivity contribution >= 4 is 0 Å². The summed E-state index contributed by atoms with van der Waals surface area (Å²) in [5.41, 5.74) is 5.48. The largest absolute Gasteiger partial charge is 0.332 e. The van der Waals surface area contributed by atoms with E-state index in [9.17, 15) is 0 Å². The van der Waals surface area contributed by atoms with E-state index in [2.05, 4.69) is 23.4 Å². The van der Waals surface area contributed by atoms with Crippen molar-refractivity contribution in [2.75, 3.05) is 6.54 Å². The smallest absolute Gasteiger partial charge is 0.110 e. The summed E-state index contributed by atoms with van der Waals surface area (Å²) >= 11 is 0. The average molecular weight is 167 g/mol. The molecule has 12 heavy (non-hydrogen) atoms. The van der Waals surface area contributed by atoms with Crippen LogP contribution in [-0.2, 0) is 6.42 Å². The number of nitrogens with zero attached hydrogens (tertiary/aromatic N) is 2. The molecule has 68 valence electrons. The van der Waals surface area contributed by atoms with Gasteiger partial charge in [-0.05, 0) is 19.9 Å². The molecule has 0 radical (unpaired) electrons. The molecule has 3 nitrogen and oxygen atoms in total. The third kappa shape index (κ3) is 1.85. The minimum absolute atomic E-state index is 0.536. The topological polar surface area (TPSA) is 43.8 Å². The normalized spacial score (nSPS) is 13.2. The lowest BCUT2D eigenvalue weighted by Gasteiger charge is -2.13. The van der Waals surface area contributed by atoms with Crippen molar-refractivity contribution in [3.63, 3.8) is 0 Å². The second kappa shape index (κ2) is 4.26. The third-order valence-electron chi connectivity index (χ3n) is 2.18. The lowest BCUT2D eigenvalue weighted by atomic mass is 10.2. The summed E-state index contributed by atoms with van der Waals surface area (Å²) in [6.07, 6.45) is 5.88. The second-order valence-corrected chi connectivity index (χ2v) is 3.05. The van der Waals surface area contributed by atoms with Crippen LogP contribution >= 0.6 is 0 Å². The molecule has 0 amide bonds. The molecule has 0 aliphatic rings. The lowest BCUT2D eigenvalue weighted by Crippen LogP contribution is -2.12. The van der Waals surface area contributed by atoms with Gasteiger partial charge in [0.2, 0.25) is 0 Å². The SMILES string of the molecule is CC[C@@H](C)n1ccnc1CCN. The molecule has 0 saturated carbocycles. The maximum Gasteiger partial charge on any atom is 0.110 e. The summed E-state index contributed by atoms with van der Waals surface area (Å²) in [5, 5.41) is 0. The molecule has 1 heterocycles. The van der Waals surface area contributed by atoms with Crippen molar-refractivity contribution in [3.05, 3.63) is 18.2 Å². The zero-order chi connectivity index (χ0) is 8.97. The van der Waals surface area contributed by atoms with Gasteiger partial charge in [-0.1, -0.05) is 6.92 Å². The van der Waals surface area contributed by atoms with E-state index >= 15 is 0 Å². The predicted molar refractivity (Wildman–Crippen MR) is 50.0 cm³/mol. The molecule has 1 aromatic rings. The molecule has 0 spiro atoms. The summed E-state index contributed by atoms with van der Waals surface area (Å²) in [5.74, 6) is 1.10. The average Bonchev–Trinajstić information content (AvgIpc) is 2.52. The molecule has 0 bridgehead atoms. The van der Waals surface area contributed by atoms with Crippen LogP contribution in [0.4, 0.5) is 0 Å². The van der Waals surface area contributed by atoms with Crippen LogP contribution < -0.4 is 5.73 Å². The summed E-state index contributed by atoms with van der Waals surface area (Å²) in [6, 6.07) is 0.536. The van der Waals surface area contributed by atoms with E-state index in [1.165, 1.54) is 0 Å². The first-order chi connectivity index (χ1) is 5.79. The van der Waals surface area contributed by atoms with Crippen LogP contribution in [0.2, 0.25) is 0 Å². The Morgan fingerprint density at radius 1 is 1.67 bits per heavy atom. The molecule has 0 aliphatic carbocycles. The van der Waals surface area contributed by atoms with Gasteiger partial charge in [0.1, 0.15) is 5.82 Å². The summed E-state index contributed by atoms with van der Waals surface area (Å²) in [4.78, 5) is 4.26. The van der Waals surface area contributed by atoms with E-state index in [-0.39, 0.29) is 0 Å². The first-order valence-corrected chi connectivity index (χ1v) is 4.51. The predicted octanol–water partition coefficient (Wildman–Crippen LogP) is 1.36. The highest BCUT2D eigenvalue weighted by atomic mass is 15.1. The van der Waals surface area contributed by atoms with Gasteiger partial charge in [-0.25, -0.2) is 4.98 Å². The fourth-order valence-corrected chi connectivity index (χ4v) is 1.26. The number of hydrogen-bond donors (Lipinski definition) is 1. The highest BCUT2D eigenvalue weighted by molar-refractivity contribution is 4.95. The van der Waals surface area contributed by atoms with Gasteiger partial charge in [0, 0.05) is 24.9 Å². The van der Waals surface area contributed by atoms with Crippen LogP contribution in [-0.4, -0.2) is 16.1 Å². The number of rotatable bonds is 4. The Morgan fingerprint density at radius 2 is 2.42 bits per heavy atom. The molecular formula is C9H17N3. The summed E-state index contributed by atoms with van der Waals surface area (Å²) in [6.45, 7) is 5.05. The van der Waals surface area contributed by atoms with E-state index in [1.807, 2.05) is 12.4 Å². The molecule has 0 saturated heterocycles. The van der Waals surface area contributed by atoms with Gasteiger partial charge < -0.3 is 10.3 Å². The maximum atomic E-state index is 5.48. The molecule has 1 rings (SSSR count). The van der Waals surface area contributed by atoms with Crippen molar-refractivity contribution in [1.29, 1.82) is 0 Å². The van der Waals surface area contributed by atoms with E-state index in [1.54, 1.807) is 0 Å². The van der Waals surface area contributed by atoms with Gasteiger partial charge in [0.25, 0.3) is 0 Å². The Bertz CT molecular complexity index is 229. The molecule has 3 heteroatoms. The first kappa shape index (κ1) is 9.26. The fourth-order valence-electron chi connectivity index (χ4n) is 1.26. The second-order valence-electron chi connectivity index (χ2n) is 3.05. The van der Waals surface area contributed by atoms with Crippen LogP contribution in [0.5, 0.6) is 0 Å². The Kier molecular flexibility index (Phi) is 3.29. The first-order valence-electron chi connectivity index (χ1n) is 4.51. The van der Waals surface area contributed by atoms with Crippen LogP contribution in [0, 0.1) is 0 Å². The molecule has 0 aromatic carbocycles. The zero-order valence-electron chi connectivity index (χ0n) is 7.83. The van der Waals surface area contributed by atoms with Gasteiger partial charge in [0.05, 0.1) is 0 Å². The van der Waals surface area contributed by atoms with E-state index in [0.29, 0.717) is 12.6 Å². The van der Waals surface area contributed by atoms with Crippen LogP contribution in [0.3, 0.4) is 0 Å². The monoisotopic (exact) mass is 167 g/mol. The number of hydrogen-bond acceptors (Lipinski definition) is 2. The third-order valence-corrected chi connectivity index (χ3v) is 2.18. The molecular weight excluding hydrogens is 150 g/mol. The molecule has 0 aliphatic heterocycles. The molecule has 0 unspecified atom stereocenters. The van der Waals surface area contributed by atoms with Crippen molar-refractivity contribution in [2.45, 2.75) is 32.7 Å². The fraction of sp³-hybridized carbons (Fsp3) is 0.667. The summed E-state index contributed by atoms with van der Waals surface area (Å²) in [7, 11) is 0. The molecule has 1 atom stereocenters. The minimum atomic E-state index is 0.536. The number of aromatic nitrogens is 2. The van der Waals surface area contributed by atoms with Crippen molar-refractivity contribution in [3.8, 4) is 0 Å². The summed E-state index contributed by atoms with van der Waals surface area (Å²) < 4.78 is 2.20. The van der Waals surface area contributed by atoms with Gasteiger partial charge in [-0.3, -0.25) is 0 Å². The number of nitrogens with two attached hydrogens (primary N) is 1. The van der Waals surface area contributed by atoms with Gasteiger partial charge >= 0.3 is 0 Å². The molecule has 1 aromatic heterocycles. The zero-order valence-corrected chi connectivity index (χ0v) is 7.83. The Morgan fingerprint density at radius 3 is 3.00 bits per heavy atom. The highest BCUT2D eigenvalue weighted by Crippen LogP contribution is 2.12. The Balaban J connectivity index is 2.76. The van der Waals surface area contributed by atoms with Crippen molar-refractivity contribution in [2.24, 2.45) is 5.73 Å². The quantitative estimate of drug-likeness (QED) is 0.735. The lowest BCUT2D eigenvalue weighted by molar-refractivity contribution is 0.508. The van der Waals surface area contributed by atoms with E-state index < -0.39 is 0 Å². The Hall–Kier alpha value is -0.830. The van der Waals surface area contributed by atoms with Crippen LogP contribution in [0.1, 0.15) is 32.1 Å². The maximum absolute atomic E-state index is 5.48. The van der Waals surface area contributed by atoms with E-state index in [0.717, 1.165) is 18.7 Å². The number of imidazole rings is 1. The standard InChI is InChI=1S/C9H17N3/c1-3-8(2)12-7-6-11-9(12)4-5-10/h6-8H,3-5,10H2,1-2H3/t8-/m1/s1. The van der Waals surface area contributed by atoms with Crippen molar-refractivity contribution in [1.82, 2.24) is 9.55 Å². The van der Waals surface area contributed by atoms with Crippen LogP contribution in [0.25, 0.3) is 0 Å². The highest BCUT2D eigenvalue weighted by Gasteiger charge is 2.06. The molecule has 0 fully saturated rings. The van der Waals surface area contributed by atoms with Gasteiger partial charge in [-0.15, -0.1) is 0 Å². The molecule has 2 N–H and O–H groups in total. The van der Waals surface area contributed by atoms with Crippen LogP contribution in [0.15, 0.2) is 12.4 Å². The van der Waals surface area contributed by atoms with Gasteiger partial charge in [0.15, 0.2) is 0 Å². The minimum Gasteiger partial charge on any atom is -0.332 e. The van der Waals surface area contributed by atoms with Crippen molar-refractivity contribution < 1.29 is 0 Å². The van der Waals surface area contributed by atoms with Gasteiger partial charge in [-0.2, -0.15) is 0 Å².